The van der Waals surface area contributed by atoms with E-state index in [1.807, 2.05) is 32.0 Å². The van der Waals surface area contributed by atoms with Gasteiger partial charge in [0.25, 0.3) is 0 Å². The van der Waals surface area contributed by atoms with Crippen LogP contribution in [0.5, 0.6) is 0 Å². The lowest BCUT2D eigenvalue weighted by Gasteiger charge is -2.48. The average molecular weight is 304 g/mol. The summed E-state index contributed by atoms with van der Waals surface area (Å²) < 4.78 is 0. The molecule has 0 spiro atoms. The number of halogens is 2. The zero-order valence-electron chi connectivity index (χ0n) is 11.8. The van der Waals surface area contributed by atoms with Crippen LogP contribution in [0.4, 0.5) is 0 Å². The lowest BCUT2D eigenvalue weighted by atomic mass is 9.63. The van der Waals surface area contributed by atoms with Gasteiger partial charge in [0.05, 0.1) is 5.60 Å². The van der Waals surface area contributed by atoms with Crippen LogP contribution in [0.1, 0.15) is 32.3 Å². The molecule has 1 aliphatic heterocycles. The fourth-order valence-corrected chi connectivity index (χ4v) is 3.23. The summed E-state index contributed by atoms with van der Waals surface area (Å²) in [6.07, 6.45) is 1.93. The topological polar surface area (TPSA) is 23.5 Å². The molecule has 0 atom stereocenters. The third kappa shape index (κ3) is 3.25. The van der Waals surface area contributed by atoms with E-state index >= 15 is 0 Å². The average Bonchev–Trinajstić information content (AvgIpc) is 2.28. The van der Waals surface area contributed by atoms with E-state index in [2.05, 4.69) is 18.0 Å². The van der Waals surface area contributed by atoms with E-state index in [1.54, 1.807) is 0 Å². The van der Waals surface area contributed by atoms with Gasteiger partial charge in [0.2, 0.25) is 0 Å². The van der Waals surface area contributed by atoms with Gasteiger partial charge in [0.1, 0.15) is 0 Å². The second kappa shape index (κ2) is 6.01. The smallest absolute Gasteiger partial charge is 0.0688 e. The van der Waals surface area contributed by atoms with E-state index in [1.165, 1.54) is 0 Å². The molecule has 1 saturated heterocycles. The van der Waals surface area contributed by atoms with Gasteiger partial charge in [-0.2, -0.15) is 0 Å². The first-order valence-electron chi connectivity index (χ1n) is 6.52. The normalized spacial score (nSPS) is 19.8. The van der Waals surface area contributed by atoms with Crippen LogP contribution in [0, 0.1) is 0 Å². The molecule has 2 nitrogen and oxygen atoms in total. The predicted molar refractivity (Wildman–Crippen MR) is 83.4 cm³/mol. The SMILES string of the molecule is CN1CCC(c2cccc(Cl)c2)(C(C)(C)O)CC1.Cl. The van der Waals surface area contributed by atoms with E-state index in [0.29, 0.717) is 0 Å². The molecule has 1 aliphatic rings. The van der Waals surface area contributed by atoms with E-state index in [4.69, 9.17) is 11.6 Å². The summed E-state index contributed by atoms with van der Waals surface area (Å²) in [4.78, 5) is 2.31. The summed E-state index contributed by atoms with van der Waals surface area (Å²) in [7, 11) is 2.13. The number of nitrogens with zero attached hydrogens (tertiary/aromatic N) is 1. The standard InChI is InChI=1S/C15H22ClNO.ClH/c1-14(2,18)15(7-9-17(3)10-8-15)12-5-4-6-13(16)11-12;/h4-6,11,18H,7-10H2,1-3H3;1H. The summed E-state index contributed by atoms with van der Waals surface area (Å²) in [5.74, 6) is 0. The fourth-order valence-electron chi connectivity index (χ4n) is 3.04. The highest BCUT2D eigenvalue weighted by Crippen LogP contribution is 2.44. The van der Waals surface area contributed by atoms with E-state index in [-0.39, 0.29) is 17.8 Å². The van der Waals surface area contributed by atoms with Crippen molar-refractivity contribution in [3.05, 3.63) is 34.9 Å². The molecule has 0 bridgehead atoms. The quantitative estimate of drug-likeness (QED) is 0.904. The summed E-state index contributed by atoms with van der Waals surface area (Å²) in [5.41, 5.74) is 0.235. The van der Waals surface area contributed by atoms with Gasteiger partial charge in [-0.15, -0.1) is 12.4 Å². The number of hydrogen-bond acceptors (Lipinski definition) is 2. The van der Waals surface area contributed by atoms with Crippen molar-refractivity contribution in [1.82, 2.24) is 4.90 Å². The van der Waals surface area contributed by atoms with Crippen molar-refractivity contribution < 1.29 is 5.11 Å². The molecule has 0 amide bonds. The fraction of sp³-hybridized carbons (Fsp3) is 0.600. The summed E-state index contributed by atoms with van der Waals surface area (Å²) in [6, 6.07) is 7.96. The van der Waals surface area contributed by atoms with Crippen LogP contribution in [0.2, 0.25) is 5.02 Å². The van der Waals surface area contributed by atoms with Crippen molar-refractivity contribution in [2.24, 2.45) is 0 Å². The zero-order valence-corrected chi connectivity index (χ0v) is 13.4. The minimum atomic E-state index is -0.737. The van der Waals surface area contributed by atoms with Crippen molar-refractivity contribution in [2.45, 2.75) is 37.7 Å². The van der Waals surface area contributed by atoms with Crippen LogP contribution in [-0.2, 0) is 5.41 Å². The van der Waals surface area contributed by atoms with Gasteiger partial charge >= 0.3 is 0 Å². The van der Waals surface area contributed by atoms with Crippen molar-refractivity contribution in [3.8, 4) is 0 Å². The molecule has 0 saturated carbocycles. The lowest BCUT2D eigenvalue weighted by Crippen LogP contribution is -2.53. The van der Waals surface area contributed by atoms with Crippen molar-refractivity contribution in [2.75, 3.05) is 20.1 Å². The van der Waals surface area contributed by atoms with Crippen molar-refractivity contribution in [3.63, 3.8) is 0 Å². The summed E-state index contributed by atoms with van der Waals surface area (Å²) in [5, 5.41) is 11.4. The van der Waals surface area contributed by atoms with Crippen LogP contribution in [0.3, 0.4) is 0 Å². The minimum Gasteiger partial charge on any atom is -0.390 e. The molecule has 1 fully saturated rings. The Kier molecular flexibility index (Phi) is 5.30. The highest BCUT2D eigenvalue weighted by atomic mass is 35.5. The molecular formula is C15H23Cl2NO. The molecule has 0 aliphatic carbocycles. The molecule has 0 radical (unpaired) electrons. The highest BCUT2D eigenvalue weighted by molar-refractivity contribution is 6.30. The van der Waals surface area contributed by atoms with E-state index in [9.17, 15) is 5.11 Å². The number of aliphatic hydroxyl groups is 1. The van der Waals surface area contributed by atoms with Gasteiger partial charge < -0.3 is 10.0 Å². The Morgan fingerprint density at radius 1 is 1.26 bits per heavy atom. The molecule has 0 aromatic heterocycles. The van der Waals surface area contributed by atoms with Gasteiger partial charge in [-0.25, -0.2) is 0 Å². The van der Waals surface area contributed by atoms with Crippen molar-refractivity contribution >= 4 is 24.0 Å². The first-order valence-corrected chi connectivity index (χ1v) is 6.90. The Labute approximate surface area is 127 Å². The Bertz CT molecular complexity index is 420. The van der Waals surface area contributed by atoms with Crippen LogP contribution in [-0.4, -0.2) is 35.7 Å². The maximum Gasteiger partial charge on any atom is 0.0688 e. The molecule has 19 heavy (non-hydrogen) atoms. The molecule has 1 aromatic rings. The first-order chi connectivity index (χ1) is 8.35. The Balaban J connectivity index is 0.00000180. The van der Waals surface area contributed by atoms with Crippen LogP contribution < -0.4 is 0 Å². The number of hydrogen-bond donors (Lipinski definition) is 1. The minimum absolute atomic E-state index is 0. The van der Waals surface area contributed by atoms with Crippen molar-refractivity contribution in [1.29, 1.82) is 0 Å². The molecule has 1 heterocycles. The van der Waals surface area contributed by atoms with Gasteiger partial charge in [-0.3, -0.25) is 0 Å². The Morgan fingerprint density at radius 2 is 1.84 bits per heavy atom. The maximum atomic E-state index is 10.7. The zero-order chi connectivity index (χ0) is 13.4. The predicted octanol–water partition coefficient (Wildman–Crippen LogP) is 3.50. The van der Waals surface area contributed by atoms with Gasteiger partial charge in [0.15, 0.2) is 0 Å². The van der Waals surface area contributed by atoms with Gasteiger partial charge in [-0.1, -0.05) is 23.7 Å². The molecule has 0 unspecified atom stereocenters. The molecule has 4 heteroatoms. The van der Waals surface area contributed by atoms with E-state index in [0.717, 1.165) is 36.5 Å². The highest BCUT2D eigenvalue weighted by Gasteiger charge is 2.46. The first kappa shape index (κ1) is 16.8. The molecule has 1 N–H and O–H groups in total. The molecule has 108 valence electrons. The summed E-state index contributed by atoms with van der Waals surface area (Å²) >= 11 is 6.11. The lowest BCUT2D eigenvalue weighted by molar-refractivity contribution is -0.0361. The molecular weight excluding hydrogens is 281 g/mol. The molecule has 1 aromatic carbocycles. The van der Waals surface area contributed by atoms with Crippen LogP contribution in [0.25, 0.3) is 0 Å². The number of likely N-dealkylation sites (tertiary alicyclic amines) is 1. The third-order valence-corrected chi connectivity index (χ3v) is 4.62. The Hall–Kier alpha value is -0.280. The van der Waals surface area contributed by atoms with Crippen LogP contribution in [0.15, 0.2) is 24.3 Å². The largest absolute Gasteiger partial charge is 0.390 e. The van der Waals surface area contributed by atoms with Gasteiger partial charge in [0, 0.05) is 10.4 Å². The monoisotopic (exact) mass is 303 g/mol. The number of rotatable bonds is 2. The number of benzene rings is 1. The summed E-state index contributed by atoms with van der Waals surface area (Å²) in [6.45, 7) is 5.85. The second-order valence-corrected chi connectivity index (χ2v) is 6.39. The number of piperidine rings is 1. The van der Waals surface area contributed by atoms with E-state index < -0.39 is 5.60 Å². The second-order valence-electron chi connectivity index (χ2n) is 5.95. The van der Waals surface area contributed by atoms with Gasteiger partial charge in [-0.05, 0) is 64.5 Å². The maximum absolute atomic E-state index is 10.7. The molecule has 2 rings (SSSR count). The third-order valence-electron chi connectivity index (χ3n) is 4.39. The van der Waals surface area contributed by atoms with Crippen LogP contribution >= 0.6 is 24.0 Å². The Morgan fingerprint density at radius 3 is 2.32 bits per heavy atom.